The fourth-order valence-electron chi connectivity index (χ4n) is 4.67. The summed E-state index contributed by atoms with van der Waals surface area (Å²) >= 11 is 0. The van der Waals surface area contributed by atoms with Crippen LogP contribution in [0.25, 0.3) is 21.8 Å². The molecule has 6 rings (SSSR count). The van der Waals surface area contributed by atoms with E-state index in [9.17, 15) is 9.59 Å². The lowest BCUT2D eigenvalue weighted by Crippen LogP contribution is -2.23. The van der Waals surface area contributed by atoms with Crippen LogP contribution in [0.15, 0.2) is 131 Å². The van der Waals surface area contributed by atoms with E-state index in [0.717, 1.165) is 42.7 Å². The van der Waals surface area contributed by atoms with Crippen LogP contribution in [0.4, 0.5) is 0 Å². The predicted molar refractivity (Wildman–Crippen MR) is 170 cm³/mol. The van der Waals surface area contributed by atoms with Crippen molar-refractivity contribution in [3.8, 4) is 0 Å². The van der Waals surface area contributed by atoms with Gasteiger partial charge in [0.25, 0.3) is 11.8 Å². The van der Waals surface area contributed by atoms with Crippen LogP contribution in [-0.4, -0.2) is 21.8 Å². The topological polar surface area (TPSA) is 84.0 Å². The fraction of sp³-hybridized carbons (Fsp3) is 0.0588. The van der Waals surface area contributed by atoms with Crippen LogP contribution >= 0.6 is 21.6 Å². The molecule has 2 heterocycles. The Morgan fingerprint density at radius 2 is 0.952 bits per heavy atom. The van der Waals surface area contributed by atoms with Gasteiger partial charge in [-0.25, -0.2) is 0 Å². The molecule has 0 fully saturated rings. The Bertz CT molecular complexity index is 1740. The highest BCUT2D eigenvalue weighted by molar-refractivity contribution is 8.76. The van der Waals surface area contributed by atoms with E-state index in [-0.39, 0.29) is 11.8 Å². The van der Waals surface area contributed by atoms with Gasteiger partial charge in [0.2, 0.25) is 0 Å². The standard InChI is InChI=1S/C34H26N4O2S2/c39-33(37-21-23-9-3-1-4-10-23)27-17-19-35-31-25(27)13-7-15-29(31)41-42-30-16-8-14-26-28(18-20-36-32(26)30)34(40)38-22-24-11-5-2-6-12-24/h1-20H,21-22H2,(H,37,39)(H,38,40). The second kappa shape index (κ2) is 12.9. The average Bonchev–Trinajstić information content (AvgIpc) is 3.05. The van der Waals surface area contributed by atoms with E-state index in [1.54, 1.807) is 46.1 Å². The third kappa shape index (κ3) is 6.15. The van der Waals surface area contributed by atoms with E-state index in [0.29, 0.717) is 24.2 Å². The fourth-order valence-corrected chi connectivity index (χ4v) is 6.94. The van der Waals surface area contributed by atoms with Gasteiger partial charge in [-0.3, -0.25) is 19.6 Å². The zero-order valence-electron chi connectivity index (χ0n) is 22.5. The number of amides is 2. The zero-order valence-corrected chi connectivity index (χ0v) is 24.1. The summed E-state index contributed by atoms with van der Waals surface area (Å²) in [5, 5.41) is 7.62. The average molecular weight is 587 g/mol. The van der Waals surface area contributed by atoms with Crippen molar-refractivity contribution >= 4 is 55.2 Å². The Morgan fingerprint density at radius 3 is 1.38 bits per heavy atom. The molecular weight excluding hydrogens is 561 g/mol. The first-order chi connectivity index (χ1) is 20.7. The Labute approximate surface area is 251 Å². The second-order valence-electron chi connectivity index (χ2n) is 9.52. The summed E-state index contributed by atoms with van der Waals surface area (Å²) in [7, 11) is 3.10. The lowest BCUT2D eigenvalue weighted by Gasteiger charge is -2.11. The lowest BCUT2D eigenvalue weighted by atomic mass is 10.1. The van der Waals surface area contributed by atoms with Gasteiger partial charge < -0.3 is 10.6 Å². The van der Waals surface area contributed by atoms with E-state index < -0.39 is 0 Å². The predicted octanol–water partition coefficient (Wildman–Crippen LogP) is 7.44. The largest absolute Gasteiger partial charge is 0.348 e. The maximum absolute atomic E-state index is 13.1. The Kier molecular flexibility index (Phi) is 8.44. The van der Waals surface area contributed by atoms with Crippen LogP contribution in [0.2, 0.25) is 0 Å². The Hall–Kier alpha value is -4.66. The molecule has 2 aromatic heterocycles. The highest BCUT2D eigenvalue weighted by atomic mass is 33.1. The van der Waals surface area contributed by atoms with Crippen LogP contribution in [0.5, 0.6) is 0 Å². The van der Waals surface area contributed by atoms with Crippen LogP contribution in [0.3, 0.4) is 0 Å². The number of carbonyl (C=O) groups is 2. The summed E-state index contributed by atoms with van der Waals surface area (Å²) in [6.45, 7) is 0.905. The summed E-state index contributed by atoms with van der Waals surface area (Å²) in [6.07, 6.45) is 3.35. The number of fused-ring (bicyclic) bond motifs is 2. The summed E-state index contributed by atoms with van der Waals surface area (Å²) in [6, 6.07) is 34.9. The molecule has 0 saturated carbocycles. The first-order valence-corrected chi connectivity index (χ1v) is 15.6. The van der Waals surface area contributed by atoms with Gasteiger partial charge in [-0.2, -0.15) is 0 Å². The van der Waals surface area contributed by atoms with Crippen LogP contribution in [0, 0.1) is 0 Å². The smallest absolute Gasteiger partial charge is 0.252 e. The number of nitrogens with one attached hydrogen (secondary N) is 2. The molecule has 4 aromatic carbocycles. The molecular formula is C34H26N4O2S2. The van der Waals surface area contributed by atoms with Gasteiger partial charge in [-0.15, -0.1) is 0 Å². The summed E-state index contributed by atoms with van der Waals surface area (Å²) in [4.78, 5) is 37.3. The van der Waals surface area contributed by atoms with Crippen molar-refractivity contribution in [2.45, 2.75) is 22.9 Å². The quantitative estimate of drug-likeness (QED) is 0.171. The molecule has 0 aliphatic rings. The number of aromatic nitrogens is 2. The number of para-hydroxylation sites is 2. The van der Waals surface area contributed by atoms with Crippen LogP contribution in [-0.2, 0) is 13.1 Å². The van der Waals surface area contributed by atoms with Gasteiger partial charge in [0, 0.05) is 46.0 Å². The molecule has 0 radical (unpaired) electrons. The summed E-state index contributed by atoms with van der Waals surface area (Å²) in [5.74, 6) is -0.283. The molecule has 6 nitrogen and oxygen atoms in total. The van der Waals surface area contributed by atoms with Crippen molar-refractivity contribution in [2.75, 3.05) is 0 Å². The number of hydrogen-bond acceptors (Lipinski definition) is 6. The zero-order chi connectivity index (χ0) is 28.7. The van der Waals surface area contributed by atoms with E-state index >= 15 is 0 Å². The van der Waals surface area contributed by atoms with Gasteiger partial charge in [0.1, 0.15) is 0 Å². The van der Waals surface area contributed by atoms with E-state index in [1.165, 1.54) is 0 Å². The Balaban J connectivity index is 1.21. The molecule has 206 valence electrons. The molecule has 2 N–H and O–H groups in total. The molecule has 0 atom stereocenters. The number of pyridine rings is 2. The van der Waals surface area contributed by atoms with E-state index in [1.807, 2.05) is 97.1 Å². The first kappa shape index (κ1) is 27.5. The van der Waals surface area contributed by atoms with Gasteiger partial charge in [0.05, 0.1) is 22.2 Å². The number of nitrogens with zero attached hydrogens (tertiary/aromatic N) is 2. The molecule has 0 unspecified atom stereocenters. The highest BCUT2D eigenvalue weighted by Crippen LogP contribution is 2.42. The minimum Gasteiger partial charge on any atom is -0.348 e. The molecule has 0 spiro atoms. The number of rotatable bonds is 9. The molecule has 0 aliphatic carbocycles. The first-order valence-electron chi connectivity index (χ1n) is 13.4. The Morgan fingerprint density at radius 1 is 0.524 bits per heavy atom. The minimum atomic E-state index is -0.141. The SMILES string of the molecule is O=C(NCc1ccccc1)c1ccnc2c(SSc3cccc4c(C(=O)NCc5ccccc5)ccnc34)cccc12. The van der Waals surface area contributed by atoms with Crippen molar-refractivity contribution in [3.63, 3.8) is 0 Å². The number of hydrogen-bond donors (Lipinski definition) is 2. The number of carbonyl (C=O) groups excluding carboxylic acids is 2. The van der Waals surface area contributed by atoms with Crippen molar-refractivity contribution in [3.05, 3.63) is 144 Å². The number of benzene rings is 4. The molecule has 42 heavy (non-hydrogen) atoms. The lowest BCUT2D eigenvalue weighted by molar-refractivity contribution is 0.0944. The van der Waals surface area contributed by atoms with Crippen LogP contribution in [0.1, 0.15) is 31.8 Å². The van der Waals surface area contributed by atoms with Gasteiger partial charge in [0.15, 0.2) is 0 Å². The maximum Gasteiger partial charge on any atom is 0.252 e. The van der Waals surface area contributed by atoms with Crippen LogP contribution < -0.4 is 10.6 Å². The molecule has 0 bridgehead atoms. The minimum absolute atomic E-state index is 0.141. The van der Waals surface area contributed by atoms with Gasteiger partial charge in [-0.1, -0.05) is 107 Å². The van der Waals surface area contributed by atoms with Crippen molar-refractivity contribution in [1.29, 1.82) is 0 Å². The molecule has 8 heteroatoms. The van der Waals surface area contributed by atoms with Crippen molar-refractivity contribution < 1.29 is 9.59 Å². The van der Waals surface area contributed by atoms with Gasteiger partial charge >= 0.3 is 0 Å². The van der Waals surface area contributed by atoms with Crippen molar-refractivity contribution in [2.24, 2.45) is 0 Å². The second-order valence-corrected chi connectivity index (χ2v) is 11.7. The maximum atomic E-state index is 13.1. The summed E-state index contributed by atoms with van der Waals surface area (Å²) in [5.41, 5.74) is 4.77. The summed E-state index contributed by atoms with van der Waals surface area (Å²) < 4.78 is 0. The molecule has 6 aromatic rings. The molecule has 0 aliphatic heterocycles. The normalized spacial score (nSPS) is 11.0. The monoisotopic (exact) mass is 586 g/mol. The molecule has 2 amide bonds. The van der Waals surface area contributed by atoms with E-state index in [2.05, 4.69) is 20.6 Å². The van der Waals surface area contributed by atoms with Crippen molar-refractivity contribution in [1.82, 2.24) is 20.6 Å². The third-order valence-corrected chi connectivity index (χ3v) is 9.20. The molecule has 0 saturated heterocycles. The highest BCUT2D eigenvalue weighted by Gasteiger charge is 2.16. The van der Waals surface area contributed by atoms with Gasteiger partial charge in [-0.05, 0) is 35.4 Å². The van der Waals surface area contributed by atoms with E-state index in [4.69, 9.17) is 0 Å². The third-order valence-electron chi connectivity index (χ3n) is 6.77.